The highest BCUT2D eigenvalue weighted by molar-refractivity contribution is 5.76. The molecule has 0 aromatic heterocycles. The van der Waals surface area contributed by atoms with Crippen molar-refractivity contribution in [2.75, 3.05) is 27.2 Å². The van der Waals surface area contributed by atoms with Crippen molar-refractivity contribution in [3.05, 3.63) is 0 Å². The lowest BCUT2D eigenvalue weighted by atomic mass is 10.1. The zero-order valence-electron chi connectivity index (χ0n) is 8.55. The average molecular weight is 172 g/mol. The summed E-state index contributed by atoms with van der Waals surface area (Å²) in [5.74, 6) is 0.263. The van der Waals surface area contributed by atoms with Gasteiger partial charge in [-0.3, -0.25) is 4.79 Å². The zero-order valence-corrected chi connectivity index (χ0v) is 8.55. The molecule has 0 aliphatic carbocycles. The Bertz CT molecular complexity index is 136. The number of hydrogen-bond donors (Lipinski definition) is 1. The van der Waals surface area contributed by atoms with Gasteiger partial charge in [0.15, 0.2) is 0 Å². The predicted molar refractivity (Wildman–Crippen MR) is 51.3 cm³/mol. The molecular weight excluding hydrogens is 152 g/mol. The fourth-order valence-electron chi connectivity index (χ4n) is 1.08. The van der Waals surface area contributed by atoms with E-state index in [1.54, 1.807) is 6.92 Å². The van der Waals surface area contributed by atoms with E-state index in [0.717, 1.165) is 13.1 Å². The first-order valence-electron chi connectivity index (χ1n) is 4.42. The number of likely N-dealkylation sites (N-methyl/N-ethyl adjacent to an activating group) is 2. The van der Waals surface area contributed by atoms with Crippen LogP contribution in [0, 0.1) is 0 Å². The third-order valence-electron chi connectivity index (χ3n) is 2.05. The summed E-state index contributed by atoms with van der Waals surface area (Å²) in [7, 11) is 3.98. The molecule has 3 heteroatoms. The van der Waals surface area contributed by atoms with Crippen LogP contribution in [0.3, 0.4) is 0 Å². The van der Waals surface area contributed by atoms with E-state index in [4.69, 9.17) is 0 Å². The monoisotopic (exact) mass is 172 g/mol. The highest BCUT2D eigenvalue weighted by Crippen LogP contribution is 2.00. The highest BCUT2D eigenvalue weighted by atomic mass is 16.1. The Balaban J connectivity index is 3.60. The van der Waals surface area contributed by atoms with E-state index < -0.39 is 0 Å². The minimum Gasteiger partial charge on any atom is -0.318 e. The van der Waals surface area contributed by atoms with Gasteiger partial charge >= 0.3 is 0 Å². The molecule has 0 rings (SSSR count). The fraction of sp³-hybridized carbons (Fsp3) is 0.889. The molecule has 0 aromatic carbocycles. The molecule has 0 radical (unpaired) electrons. The minimum atomic E-state index is 0.263. The van der Waals surface area contributed by atoms with Crippen LogP contribution in [0.1, 0.15) is 20.3 Å². The lowest BCUT2D eigenvalue weighted by Gasteiger charge is -2.23. The maximum Gasteiger partial charge on any atom is 0.131 e. The van der Waals surface area contributed by atoms with Gasteiger partial charge in [-0.25, -0.2) is 0 Å². The van der Waals surface area contributed by atoms with E-state index in [2.05, 4.69) is 17.1 Å². The van der Waals surface area contributed by atoms with Crippen LogP contribution in [-0.2, 0) is 4.79 Å². The van der Waals surface area contributed by atoms with Crippen LogP contribution in [0.2, 0.25) is 0 Å². The summed E-state index contributed by atoms with van der Waals surface area (Å²) in [5, 5.41) is 3.08. The van der Waals surface area contributed by atoms with E-state index in [9.17, 15) is 4.79 Å². The summed E-state index contributed by atoms with van der Waals surface area (Å²) in [6, 6.07) is 0.357. The predicted octanol–water partition coefficient (Wildman–Crippen LogP) is 0.505. The van der Waals surface area contributed by atoms with Crippen molar-refractivity contribution in [1.29, 1.82) is 0 Å². The topological polar surface area (TPSA) is 32.3 Å². The van der Waals surface area contributed by atoms with Crippen molar-refractivity contribution in [2.45, 2.75) is 26.3 Å². The lowest BCUT2D eigenvalue weighted by molar-refractivity contribution is -0.118. The van der Waals surface area contributed by atoms with Gasteiger partial charge in [0.05, 0.1) is 0 Å². The molecule has 12 heavy (non-hydrogen) atoms. The second kappa shape index (κ2) is 6.14. The standard InChI is InChI=1S/C9H20N2O/c1-8(7-9(2)12)11(4)6-5-10-3/h8,10H,5-7H2,1-4H3. The Hall–Kier alpha value is -0.410. The summed E-state index contributed by atoms with van der Waals surface area (Å²) in [6.45, 7) is 5.68. The second-order valence-electron chi connectivity index (χ2n) is 3.34. The zero-order chi connectivity index (χ0) is 9.56. The fourth-order valence-corrected chi connectivity index (χ4v) is 1.08. The second-order valence-corrected chi connectivity index (χ2v) is 3.34. The van der Waals surface area contributed by atoms with Crippen molar-refractivity contribution in [3.8, 4) is 0 Å². The van der Waals surface area contributed by atoms with Gasteiger partial charge in [0, 0.05) is 25.6 Å². The first-order chi connectivity index (χ1) is 5.57. The number of rotatable bonds is 6. The maximum absolute atomic E-state index is 10.8. The molecule has 1 N–H and O–H groups in total. The third-order valence-corrected chi connectivity index (χ3v) is 2.05. The maximum atomic E-state index is 10.8. The molecular formula is C9H20N2O. The van der Waals surface area contributed by atoms with Gasteiger partial charge in [0.2, 0.25) is 0 Å². The van der Waals surface area contributed by atoms with Gasteiger partial charge in [0.25, 0.3) is 0 Å². The minimum absolute atomic E-state index is 0.263. The van der Waals surface area contributed by atoms with Gasteiger partial charge in [0.1, 0.15) is 5.78 Å². The van der Waals surface area contributed by atoms with Crippen molar-refractivity contribution in [2.24, 2.45) is 0 Å². The van der Waals surface area contributed by atoms with Crippen molar-refractivity contribution in [1.82, 2.24) is 10.2 Å². The van der Waals surface area contributed by atoms with Crippen LogP contribution >= 0.6 is 0 Å². The number of ketones is 1. The van der Waals surface area contributed by atoms with Gasteiger partial charge in [-0.1, -0.05) is 0 Å². The van der Waals surface area contributed by atoms with Gasteiger partial charge in [-0.05, 0) is 27.9 Å². The third kappa shape index (κ3) is 5.27. The summed E-state index contributed by atoms with van der Waals surface area (Å²) in [6.07, 6.45) is 0.653. The molecule has 0 aliphatic heterocycles. The molecule has 1 atom stereocenters. The van der Waals surface area contributed by atoms with Crippen LogP contribution in [0.15, 0.2) is 0 Å². The Morgan fingerprint density at radius 3 is 2.58 bits per heavy atom. The first-order valence-corrected chi connectivity index (χ1v) is 4.42. The molecule has 0 saturated heterocycles. The van der Waals surface area contributed by atoms with E-state index in [-0.39, 0.29) is 5.78 Å². The number of hydrogen-bond acceptors (Lipinski definition) is 3. The molecule has 0 heterocycles. The molecule has 0 aliphatic rings. The molecule has 0 bridgehead atoms. The van der Waals surface area contributed by atoms with Crippen molar-refractivity contribution in [3.63, 3.8) is 0 Å². The van der Waals surface area contributed by atoms with Crippen LogP contribution in [0.5, 0.6) is 0 Å². The number of carbonyl (C=O) groups is 1. The molecule has 3 nitrogen and oxygen atoms in total. The summed E-state index contributed by atoms with van der Waals surface area (Å²) >= 11 is 0. The summed E-state index contributed by atoms with van der Waals surface area (Å²) < 4.78 is 0. The molecule has 1 unspecified atom stereocenters. The van der Waals surface area contributed by atoms with E-state index in [0.29, 0.717) is 12.5 Å². The smallest absolute Gasteiger partial charge is 0.131 e. The van der Waals surface area contributed by atoms with E-state index >= 15 is 0 Å². The van der Waals surface area contributed by atoms with Crippen LogP contribution < -0.4 is 5.32 Å². The Morgan fingerprint density at radius 2 is 2.17 bits per heavy atom. The van der Waals surface area contributed by atoms with Crippen molar-refractivity contribution >= 4 is 5.78 Å². The van der Waals surface area contributed by atoms with Gasteiger partial charge in [-0.2, -0.15) is 0 Å². The first kappa shape index (κ1) is 11.6. The largest absolute Gasteiger partial charge is 0.318 e. The van der Waals surface area contributed by atoms with Crippen molar-refractivity contribution < 1.29 is 4.79 Å². The number of nitrogens with zero attached hydrogens (tertiary/aromatic N) is 1. The number of carbonyl (C=O) groups excluding carboxylic acids is 1. The Labute approximate surface area is 75.1 Å². The molecule has 0 fully saturated rings. The van der Waals surface area contributed by atoms with Gasteiger partial charge < -0.3 is 10.2 Å². The van der Waals surface area contributed by atoms with Crippen LogP contribution in [0.25, 0.3) is 0 Å². The molecule has 0 spiro atoms. The number of nitrogens with one attached hydrogen (secondary N) is 1. The molecule has 72 valence electrons. The Kier molecular flexibility index (Phi) is 5.93. The molecule has 0 saturated carbocycles. The summed E-state index contributed by atoms with van der Waals surface area (Å²) in [5.41, 5.74) is 0. The average Bonchev–Trinajstić information content (AvgIpc) is 1.98. The lowest BCUT2D eigenvalue weighted by Crippen LogP contribution is -2.35. The molecule has 0 amide bonds. The number of Topliss-reactive ketones (excluding diaryl/α,β-unsaturated/α-hetero) is 1. The molecule has 0 aromatic rings. The normalized spacial score (nSPS) is 13.4. The SMILES string of the molecule is CNCCN(C)C(C)CC(C)=O. The highest BCUT2D eigenvalue weighted by Gasteiger charge is 2.09. The quantitative estimate of drug-likeness (QED) is 0.633. The Morgan fingerprint density at radius 1 is 1.58 bits per heavy atom. The van der Waals surface area contributed by atoms with Gasteiger partial charge in [-0.15, -0.1) is 0 Å². The summed E-state index contributed by atoms with van der Waals surface area (Å²) in [4.78, 5) is 13.0. The van der Waals surface area contributed by atoms with Crippen LogP contribution in [0.4, 0.5) is 0 Å². The van der Waals surface area contributed by atoms with Crippen LogP contribution in [-0.4, -0.2) is 43.9 Å². The van der Waals surface area contributed by atoms with E-state index in [1.165, 1.54) is 0 Å². The van der Waals surface area contributed by atoms with E-state index in [1.807, 2.05) is 14.1 Å².